The molecule has 1 fully saturated rings. The highest BCUT2D eigenvalue weighted by molar-refractivity contribution is 5.92. The minimum Gasteiger partial charge on any atom is -0.388 e. The van der Waals surface area contributed by atoms with Gasteiger partial charge in [-0.2, -0.15) is 0 Å². The molecule has 0 radical (unpaired) electrons. The summed E-state index contributed by atoms with van der Waals surface area (Å²) in [6, 6.07) is 5.63. The summed E-state index contributed by atoms with van der Waals surface area (Å²) < 4.78 is 1.81. The normalized spacial score (nSPS) is 25.9. The number of hydrogen-bond donors (Lipinski definition) is 2. The van der Waals surface area contributed by atoms with Gasteiger partial charge in [0.15, 0.2) is 0 Å². The van der Waals surface area contributed by atoms with Crippen LogP contribution in [0.3, 0.4) is 0 Å². The summed E-state index contributed by atoms with van der Waals surface area (Å²) in [5.74, 6) is 0.279. The second kappa shape index (κ2) is 5.48. The van der Waals surface area contributed by atoms with Gasteiger partial charge in [-0.3, -0.25) is 4.79 Å². The molecule has 2 heterocycles. The molecule has 3 rings (SSSR count). The molecule has 5 heteroatoms. The Morgan fingerprint density at radius 3 is 3.19 bits per heavy atom. The van der Waals surface area contributed by atoms with E-state index in [0.29, 0.717) is 18.2 Å². The lowest BCUT2D eigenvalue weighted by Gasteiger charge is -2.35. The monoisotopic (exact) mass is 287 g/mol. The summed E-state index contributed by atoms with van der Waals surface area (Å²) in [5, 5.41) is 13.4. The number of aromatic nitrogens is 2. The molecule has 0 bridgehead atoms. The second-order valence-electron chi connectivity index (χ2n) is 6.20. The van der Waals surface area contributed by atoms with Gasteiger partial charge in [0.05, 0.1) is 5.60 Å². The van der Waals surface area contributed by atoms with Gasteiger partial charge >= 0.3 is 0 Å². The number of amides is 1. The maximum absolute atomic E-state index is 12.2. The Bertz CT molecular complexity index is 619. The van der Waals surface area contributed by atoms with E-state index in [1.165, 1.54) is 0 Å². The summed E-state index contributed by atoms with van der Waals surface area (Å²) in [6.07, 6.45) is 7.24. The van der Waals surface area contributed by atoms with Gasteiger partial charge in [0.25, 0.3) is 5.91 Å². The zero-order valence-corrected chi connectivity index (χ0v) is 12.2. The average Bonchev–Trinajstić information content (AvgIpc) is 2.88. The number of nitrogens with zero attached hydrogens (tertiary/aromatic N) is 2. The van der Waals surface area contributed by atoms with Crippen LogP contribution in [-0.2, 0) is 0 Å². The van der Waals surface area contributed by atoms with E-state index in [2.05, 4.69) is 17.2 Å². The minimum atomic E-state index is -0.771. The van der Waals surface area contributed by atoms with Crippen LogP contribution in [0.25, 0.3) is 5.65 Å². The first kappa shape index (κ1) is 14.1. The van der Waals surface area contributed by atoms with Crippen LogP contribution in [0.2, 0.25) is 0 Å². The molecule has 2 N–H and O–H groups in total. The number of aliphatic hydroxyl groups is 1. The molecule has 0 saturated heterocycles. The molecule has 5 nitrogen and oxygen atoms in total. The van der Waals surface area contributed by atoms with E-state index < -0.39 is 5.60 Å². The van der Waals surface area contributed by atoms with Crippen LogP contribution in [-0.4, -0.2) is 32.5 Å². The third-order valence-electron chi connectivity index (χ3n) is 4.24. The van der Waals surface area contributed by atoms with Gasteiger partial charge < -0.3 is 14.8 Å². The predicted octanol–water partition coefficient (Wildman–Crippen LogP) is 2.01. The largest absolute Gasteiger partial charge is 0.388 e. The summed E-state index contributed by atoms with van der Waals surface area (Å²) in [4.78, 5) is 16.5. The second-order valence-corrected chi connectivity index (χ2v) is 6.20. The van der Waals surface area contributed by atoms with Crippen molar-refractivity contribution >= 4 is 11.6 Å². The molecule has 1 saturated carbocycles. The highest BCUT2D eigenvalue weighted by atomic mass is 16.3. The standard InChI is InChI=1S/C16H21N3O2/c1-12-5-4-7-16(21,9-12)11-17-15(20)13-10-19-8-3-2-6-14(19)18-13/h2-3,6,8,10,12,21H,4-5,7,9,11H2,1H3,(H,17,20). The number of carbonyl (C=O) groups excluding carboxylic acids is 1. The smallest absolute Gasteiger partial charge is 0.271 e. The summed E-state index contributed by atoms with van der Waals surface area (Å²) >= 11 is 0. The molecule has 2 aromatic heterocycles. The highest BCUT2D eigenvalue weighted by Gasteiger charge is 2.33. The number of rotatable bonds is 3. The van der Waals surface area contributed by atoms with Gasteiger partial charge in [0.1, 0.15) is 11.3 Å². The van der Waals surface area contributed by atoms with E-state index in [-0.39, 0.29) is 5.91 Å². The van der Waals surface area contributed by atoms with Gasteiger partial charge in [-0.25, -0.2) is 4.98 Å². The van der Waals surface area contributed by atoms with Gasteiger partial charge in [-0.15, -0.1) is 0 Å². The van der Waals surface area contributed by atoms with E-state index >= 15 is 0 Å². The molecule has 1 aliphatic carbocycles. The van der Waals surface area contributed by atoms with Crippen molar-refractivity contribution in [3.05, 3.63) is 36.3 Å². The Morgan fingerprint density at radius 2 is 2.43 bits per heavy atom. The van der Waals surface area contributed by atoms with Crippen molar-refractivity contribution in [1.29, 1.82) is 0 Å². The minimum absolute atomic E-state index is 0.231. The predicted molar refractivity (Wildman–Crippen MR) is 80.1 cm³/mol. The van der Waals surface area contributed by atoms with Crippen molar-refractivity contribution in [2.24, 2.45) is 5.92 Å². The van der Waals surface area contributed by atoms with Crippen molar-refractivity contribution in [3.63, 3.8) is 0 Å². The number of hydrogen-bond acceptors (Lipinski definition) is 3. The third-order valence-corrected chi connectivity index (χ3v) is 4.24. The molecule has 0 aliphatic heterocycles. The molecule has 21 heavy (non-hydrogen) atoms. The molecule has 112 valence electrons. The summed E-state index contributed by atoms with van der Waals surface area (Å²) in [7, 11) is 0. The van der Waals surface area contributed by atoms with Crippen molar-refractivity contribution in [1.82, 2.24) is 14.7 Å². The summed E-state index contributed by atoms with van der Waals surface area (Å²) in [5.41, 5.74) is 0.355. The fourth-order valence-corrected chi connectivity index (χ4v) is 3.17. The molecule has 0 aromatic carbocycles. The molecule has 2 atom stereocenters. The average molecular weight is 287 g/mol. The van der Waals surface area contributed by atoms with E-state index in [0.717, 1.165) is 31.3 Å². The Morgan fingerprint density at radius 1 is 1.57 bits per heavy atom. The van der Waals surface area contributed by atoms with E-state index in [1.807, 2.05) is 28.8 Å². The zero-order valence-electron chi connectivity index (χ0n) is 12.2. The van der Waals surface area contributed by atoms with Crippen molar-refractivity contribution in [2.45, 2.75) is 38.2 Å². The van der Waals surface area contributed by atoms with Crippen LogP contribution in [0.15, 0.2) is 30.6 Å². The lowest BCUT2D eigenvalue weighted by Crippen LogP contribution is -2.45. The molecule has 2 aromatic rings. The number of pyridine rings is 1. The third kappa shape index (κ3) is 3.08. The fourth-order valence-electron chi connectivity index (χ4n) is 3.17. The maximum Gasteiger partial charge on any atom is 0.271 e. The quantitative estimate of drug-likeness (QED) is 0.907. The number of carbonyl (C=O) groups is 1. The molecule has 2 unspecified atom stereocenters. The highest BCUT2D eigenvalue weighted by Crippen LogP contribution is 2.31. The Kier molecular flexibility index (Phi) is 3.68. The van der Waals surface area contributed by atoms with Gasteiger partial charge in [0.2, 0.25) is 0 Å². The lowest BCUT2D eigenvalue weighted by molar-refractivity contribution is -0.0109. The van der Waals surface area contributed by atoms with E-state index in [9.17, 15) is 9.90 Å². The van der Waals surface area contributed by atoms with Crippen LogP contribution in [0.4, 0.5) is 0 Å². The first-order chi connectivity index (χ1) is 10.1. The zero-order chi connectivity index (χ0) is 14.9. The van der Waals surface area contributed by atoms with Crippen LogP contribution >= 0.6 is 0 Å². The molecular formula is C16H21N3O2. The number of fused-ring (bicyclic) bond motifs is 1. The molecular weight excluding hydrogens is 266 g/mol. The van der Waals surface area contributed by atoms with Gasteiger partial charge in [-0.1, -0.05) is 25.8 Å². The Hall–Kier alpha value is -1.88. The van der Waals surface area contributed by atoms with Crippen LogP contribution in [0, 0.1) is 5.92 Å². The lowest BCUT2D eigenvalue weighted by atomic mass is 9.79. The summed E-state index contributed by atoms with van der Waals surface area (Å²) in [6.45, 7) is 2.44. The number of nitrogens with one attached hydrogen (secondary N) is 1. The van der Waals surface area contributed by atoms with E-state index in [1.54, 1.807) is 6.20 Å². The number of imidazole rings is 1. The Labute approximate surface area is 124 Å². The first-order valence-electron chi connectivity index (χ1n) is 7.50. The van der Waals surface area contributed by atoms with Gasteiger partial charge in [0, 0.05) is 18.9 Å². The van der Waals surface area contributed by atoms with E-state index in [4.69, 9.17) is 0 Å². The van der Waals surface area contributed by atoms with Crippen LogP contribution in [0.1, 0.15) is 43.1 Å². The SMILES string of the molecule is CC1CCCC(O)(CNC(=O)c2cn3ccccc3n2)C1. The topological polar surface area (TPSA) is 66.6 Å². The van der Waals surface area contributed by atoms with Crippen molar-refractivity contribution < 1.29 is 9.90 Å². The van der Waals surface area contributed by atoms with Crippen molar-refractivity contribution in [2.75, 3.05) is 6.54 Å². The maximum atomic E-state index is 12.2. The molecule has 0 spiro atoms. The first-order valence-corrected chi connectivity index (χ1v) is 7.50. The Balaban J connectivity index is 1.66. The molecule has 1 aliphatic rings. The van der Waals surface area contributed by atoms with Gasteiger partial charge in [-0.05, 0) is 30.9 Å². The van der Waals surface area contributed by atoms with Crippen molar-refractivity contribution in [3.8, 4) is 0 Å². The molecule has 1 amide bonds. The fraction of sp³-hybridized carbons (Fsp3) is 0.500. The van der Waals surface area contributed by atoms with Crippen LogP contribution < -0.4 is 5.32 Å². The van der Waals surface area contributed by atoms with Crippen LogP contribution in [0.5, 0.6) is 0 Å².